The van der Waals surface area contributed by atoms with Crippen molar-refractivity contribution in [1.82, 2.24) is 20.1 Å². The molecule has 0 aliphatic carbocycles. The van der Waals surface area contributed by atoms with Gasteiger partial charge >= 0.3 is 0 Å². The van der Waals surface area contributed by atoms with Crippen LogP contribution in [0.1, 0.15) is 30.4 Å². The molecule has 0 spiro atoms. The average molecular weight is 701 g/mol. The molecule has 2 aliphatic heterocycles. The predicted octanol–water partition coefficient (Wildman–Crippen LogP) is 8.53. The molecule has 2 fully saturated rings. The summed E-state index contributed by atoms with van der Waals surface area (Å²) < 4.78 is 14.3. The first-order valence-corrected chi connectivity index (χ1v) is 18.3. The van der Waals surface area contributed by atoms with E-state index in [9.17, 15) is 0 Å². The Kier molecular flexibility index (Phi) is 11.3. The number of piperazine rings is 1. The largest absolute Gasteiger partial charge is 0.473 e. The molecule has 0 atom stereocenters. The van der Waals surface area contributed by atoms with Crippen LogP contribution in [-0.2, 0) is 20.3 Å². The third-order valence-electron chi connectivity index (χ3n) is 9.39. The number of aromatic nitrogens is 3. The quantitative estimate of drug-likeness (QED) is 0.162. The zero-order chi connectivity index (χ0) is 34.8. The molecular formula is C42H45ClN6O2. The molecule has 6 aromatic rings. The van der Waals surface area contributed by atoms with Crippen molar-refractivity contribution < 1.29 is 9.47 Å². The zero-order valence-electron chi connectivity index (χ0n) is 29.2. The van der Waals surface area contributed by atoms with Gasteiger partial charge in [-0.05, 0) is 66.8 Å². The molecule has 262 valence electrons. The van der Waals surface area contributed by atoms with E-state index < -0.39 is 0 Å². The van der Waals surface area contributed by atoms with Crippen LogP contribution in [0.5, 0.6) is 11.8 Å². The molecule has 2 aliphatic rings. The van der Waals surface area contributed by atoms with Gasteiger partial charge in [0, 0.05) is 68.5 Å². The lowest BCUT2D eigenvalue weighted by Crippen LogP contribution is -2.43. The van der Waals surface area contributed by atoms with Gasteiger partial charge in [-0.1, -0.05) is 84.4 Å². The Morgan fingerprint density at radius 3 is 2.02 bits per heavy atom. The number of rotatable bonds is 9. The van der Waals surface area contributed by atoms with Gasteiger partial charge in [0.2, 0.25) is 11.8 Å². The van der Waals surface area contributed by atoms with Crippen LogP contribution >= 0.6 is 11.6 Å². The highest BCUT2D eigenvalue weighted by Crippen LogP contribution is 2.38. The van der Waals surface area contributed by atoms with E-state index in [4.69, 9.17) is 31.2 Å². The number of benzene rings is 4. The van der Waals surface area contributed by atoms with E-state index in [1.54, 1.807) is 0 Å². The van der Waals surface area contributed by atoms with Gasteiger partial charge in [0.1, 0.15) is 18.9 Å². The fourth-order valence-corrected chi connectivity index (χ4v) is 6.86. The lowest BCUT2D eigenvalue weighted by molar-refractivity contribution is 0.268. The molecule has 0 unspecified atom stereocenters. The highest BCUT2D eigenvalue weighted by molar-refractivity contribution is 6.30. The Hall–Kier alpha value is -5.05. The number of nitrogens with zero attached hydrogens (tertiary/aromatic N) is 5. The number of anilines is 2. The van der Waals surface area contributed by atoms with Crippen LogP contribution in [0.15, 0.2) is 115 Å². The van der Waals surface area contributed by atoms with Gasteiger partial charge in [-0.2, -0.15) is 10.1 Å². The van der Waals surface area contributed by atoms with Crippen molar-refractivity contribution in [3.63, 3.8) is 0 Å². The van der Waals surface area contributed by atoms with Gasteiger partial charge in [-0.15, -0.1) is 0 Å². The topological polar surface area (TPSA) is 67.7 Å². The first-order chi connectivity index (χ1) is 25.1. The lowest BCUT2D eigenvalue weighted by Gasteiger charge is -2.30. The fourth-order valence-electron chi connectivity index (χ4n) is 6.73. The normalized spacial score (nSPS) is 14.5. The van der Waals surface area contributed by atoms with E-state index in [-0.39, 0.29) is 0 Å². The SMILES string of the molecule is Clc1ccc(N2CCCCC2)cc1.Cn1nc(-c2ccc(OCc3ccccc3)nc2OCc2ccccc2)c2cccc(N3CCNCC3)c21. The minimum atomic E-state index is 0.403. The van der Waals surface area contributed by atoms with E-state index in [1.165, 1.54) is 43.7 Å². The summed E-state index contributed by atoms with van der Waals surface area (Å²) in [7, 11) is 2.01. The van der Waals surface area contributed by atoms with Crippen molar-refractivity contribution in [3.8, 4) is 23.0 Å². The van der Waals surface area contributed by atoms with Gasteiger partial charge in [-0.25, -0.2) is 0 Å². The highest BCUT2D eigenvalue weighted by atomic mass is 35.5. The van der Waals surface area contributed by atoms with Gasteiger partial charge in [0.05, 0.1) is 16.8 Å². The van der Waals surface area contributed by atoms with E-state index in [1.807, 2.05) is 96.7 Å². The standard InChI is InChI=1S/C31H31N5O2.C11H14ClN/c1-35-30-25(13-8-14-27(30)36-19-17-32-18-20-36)29(34-35)26-15-16-28(37-21-23-9-4-2-5-10-23)33-31(26)38-22-24-11-6-3-7-12-24;12-10-4-6-11(7-5-10)13-8-2-1-3-9-13/h2-16,32H,17-22H2,1H3;4-7H,1-3,8-9H2. The molecule has 8 nitrogen and oxygen atoms in total. The number of para-hydroxylation sites is 1. The van der Waals surface area contributed by atoms with E-state index in [0.29, 0.717) is 25.0 Å². The fraction of sp³-hybridized carbons (Fsp3) is 0.286. The van der Waals surface area contributed by atoms with E-state index in [2.05, 4.69) is 45.4 Å². The van der Waals surface area contributed by atoms with Crippen LogP contribution in [0, 0.1) is 0 Å². The van der Waals surface area contributed by atoms with Gasteiger partial charge in [-0.3, -0.25) is 4.68 Å². The Labute approximate surface area is 305 Å². The number of halogens is 1. The number of piperidine rings is 1. The second-order valence-electron chi connectivity index (χ2n) is 13.0. The molecule has 1 N–H and O–H groups in total. The van der Waals surface area contributed by atoms with Crippen molar-refractivity contribution in [2.24, 2.45) is 7.05 Å². The van der Waals surface area contributed by atoms with Crippen LogP contribution in [0.3, 0.4) is 0 Å². The maximum atomic E-state index is 6.32. The third-order valence-corrected chi connectivity index (χ3v) is 9.64. The Morgan fingerprint density at radius 1 is 0.667 bits per heavy atom. The molecule has 51 heavy (non-hydrogen) atoms. The first kappa shape index (κ1) is 34.4. The van der Waals surface area contributed by atoms with Gasteiger partial charge in [0.25, 0.3) is 0 Å². The number of aryl methyl sites for hydroxylation is 1. The summed E-state index contributed by atoms with van der Waals surface area (Å²) in [6, 6.07) is 38.7. The number of fused-ring (bicyclic) bond motifs is 1. The summed E-state index contributed by atoms with van der Waals surface area (Å²) >= 11 is 5.83. The molecule has 4 heterocycles. The molecule has 2 aromatic heterocycles. The predicted molar refractivity (Wildman–Crippen MR) is 208 cm³/mol. The first-order valence-electron chi connectivity index (χ1n) is 17.9. The van der Waals surface area contributed by atoms with Gasteiger partial charge < -0.3 is 24.6 Å². The molecule has 0 amide bonds. The van der Waals surface area contributed by atoms with E-state index in [0.717, 1.165) is 64.5 Å². The van der Waals surface area contributed by atoms with Crippen molar-refractivity contribution in [2.45, 2.75) is 32.5 Å². The molecule has 2 saturated heterocycles. The smallest absolute Gasteiger partial charge is 0.226 e. The maximum absolute atomic E-state index is 6.32. The summed E-state index contributed by atoms with van der Waals surface area (Å²) in [4.78, 5) is 9.65. The minimum absolute atomic E-state index is 0.403. The average Bonchev–Trinajstić information content (AvgIpc) is 3.54. The van der Waals surface area contributed by atoms with Crippen LogP contribution in [0.4, 0.5) is 11.4 Å². The zero-order valence-corrected chi connectivity index (χ0v) is 29.9. The van der Waals surface area contributed by atoms with Crippen LogP contribution in [0.25, 0.3) is 22.2 Å². The Morgan fingerprint density at radius 2 is 1.33 bits per heavy atom. The molecule has 0 bridgehead atoms. The molecule has 0 radical (unpaired) electrons. The summed E-state index contributed by atoms with van der Waals surface area (Å²) in [5, 5.41) is 10.3. The second-order valence-corrected chi connectivity index (χ2v) is 13.4. The van der Waals surface area contributed by atoms with Crippen molar-refractivity contribution in [3.05, 3.63) is 131 Å². The van der Waals surface area contributed by atoms with Crippen molar-refractivity contribution in [2.75, 3.05) is 49.1 Å². The summed E-state index contributed by atoms with van der Waals surface area (Å²) in [6.07, 6.45) is 4.02. The van der Waals surface area contributed by atoms with Gasteiger partial charge in [0.15, 0.2) is 0 Å². The molecule has 9 heteroatoms. The number of hydrogen-bond donors (Lipinski definition) is 1. The third kappa shape index (κ3) is 8.64. The van der Waals surface area contributed by atoms with Crippen molar-refractivity contribution >= 4 is 33.9 Å². The van der Waals surface area contributed by atoms with E-state index >= 15 is 0 Å². The molecule has 4 aromatic carbocycles. The molecular weight excluding hydrogens is 656 g/mol. The Bertz CT molecular complexity index is 1990. The van der Waals surface area contributed by atoms with Crippen LogP contribution in [-0.4, -0.2) is 54.0 Å². The summed E-state index contributed by atoms with van der Waals surface area (Å²) in [6.45, 7) is 7.13. The summed E-state index contributed by atoms with van der Waals surface area (Å²) in [5.74, 6) is 1.02. The lowest BCUT2D eigenvalue weighted by atomic mass is 10.1. The molecule has 8 rings (SSSR count). The minimum Gasteiger partial charge on any atom is -0.473 e. The highest BCUT2D eigenvalue weighted by Gasteiger charge is 2.22. The Balaban J connectivity index is 0.000000262. The van der Waals surface area contributed by atoms with Crippen LogP contribution in [0.2, 0.25) is 5.02 Å². The monoisotopic (exact) mass is 700 g/mol. The number of nitrogens with one attached hydrogen (secondary N) is 1. The van der Waals surface area contributed by atoms with Crippen molar-refractivity contribution in [1.29, 1.82) is 0 Å². The number of ether oxygens (including phenoxy) is 2. The maximum Gasteiger partial charge on any atom is 0.226 e. The summed E-state index contributed by atoms with van der Waals surface area (Å²) in [5.41, 5.74) is 7.48. The van der Waals surface area contributed by atoms with Crippen LogP contribution < -0.4 is 24.6 Å². The number of pyridine rings is 1. The number of hydrogen-bond acceptors (Lipinski definition) is 7. The second kappa shape index (κ2) is 16.8. The molecule has 0 saturated carbocycles.